The molecule has 0 unspecified atom stereocenters. The third-order valence-corrected chi connectivity index (χ3v) is 2.44. The number of hydrogen-bond acceptors (Lipinski definition) is 4. The van der Waals surface area contributed by atoms with Crippen molar-refractivity contribution >= 4 is 11.6 Å². The minimum atomic E-state index is -4.51. The third kappa shape index (κ3) is 3.43. The predicted octanol–water partition coefficient (Wildman–Crippen LogP) is 1.61. The zero-order chi connectivity index (χ0) is 13.9. The van der Waals surface area contributed by atoms with Crippen LogP contribution in [0.1, 0.15) is 22.5 Å². The Hall–Kier alpha value is -2.12. The van der Waals surface area contributed by atoms with E-state index in [0.29, 0.717) is 18.7 Å². The van der Waals surface area contributed by atoms with Crippen LogP contribution >= 0.6 is 0 Å². The molecule has 5 nitrogen and oxygen atoms in total. The number of alkyl halides is 3. The number of amides is 1. The van der Waals surface area contributed by atoms with E-state index in [4.69, 9.17) is 4.84 Å². The van der Waals surface area contributed by atoms with Gasteiger partial charge in [-0.3, -0.25) is 9.78 Å². The van der Waals surface area contributed by atoms with Crippen molar-refractivity contribution in [3.8, 4) is 0 Å². The summed E-state index contributed by atoms with van der Waals surface area (Å²) in [6, 6.07) is 1.85. The monoisotopic (exact) mass is 273 g/mol. The largest absolute Gasteiger partial charge is 0.433 e. The fraction of sp³-hybridized carbons (Fsp3) is 0.364. The van der Waals surface area contributed by atoms with Gasteiger partial charge in [-0.15, -0.1) is 0 Å². The average molecular weight is 273 g/mol. The first-order valence-corrected chi connectivity index (χ1v) is 5.46. The second-order valence-corrected chi connectivity index (χ2v) is 3.85. The standard InChI is InChI=1S/C11H10F3N3O2/c12-11(13,14)9-2-1-7(5-15-9)10(18)16-6-8-3-4-19-17-8/h1-2,5H,3-4,6H2,(H,16,18). The van der Waals surface area contributed by atoms with Crippen molar-refractivity contribution < 1.29 is 22.8 Å². The molecule has 1 aromatic rings. The summed E-state index contributed by atoms with van der Waals surface area (Å²) < 4.78 is 36.8. The van der Waals surface area contributed by atoms with E-state index < -0.39 is 17.8 Å². The topological polar surface area (TPSA) is 63.6 Å². The summed E-state index contributed by atoms with van der Waals surface area (Å²) in [6.07, 6.45) is -2.98. The smallest absolute Gasteiger partial charge is 0.395 e. The van der Waals surface area contributed by atoms with Crippen molar-refractivity contribution in [3.63, 3.8) is 0 Å². The third-order valence-electron chi connectivity index (χ3n) is 2.44. The first kappa shape index (κ1) is 13.3. The molecular weight excluding hydrogens is 263 g/mol. The maximum Gasteiger partial charge on any atom is 0.433 e. The highest BCUT2D eigenvalue weighted by Crippen LogP contribution is 2.27. The molecule has 0 saturated heterocycles. The van der Waals surface area contributed by atoms with Crippen molar-refractivity contribution in [3.05, 3.63) is 29.6 Å². The second kappa shape index (κ2) is 5.25. The lowest BCUT2D eigenvalue weighted by molar-refractivity contribution is -0.141. The molecule has 1 aromatic heterocycles. The lowest BCUT2D eigenvalue weighted by Gasteiger charge is -2.07. The number of aromatic nitrogens is 1. The summed E-state index contributed by atoms with van der Waals surface area (Å²) in [5.41, 5.74) is -0.279. The van der Waals surface area contributed by atoms with E-state index in [1.165, 1.54) is 0 Å². The molecule has 0 saturated carbocycles. The Morgan fingerprint density at radius 1 is 1.42 bits per heavy atom. The Morgan fingerprint density at radius 2 is 2.21 bits per heavy atom. The highest BCUT2D eigenvalue weighted by Gasteiger charge is 2.32. The molecule has 1 aliphatic heterocycles. The number of oxime groups is 1. The molecule has 0 aromatic carbocycles. The Bertz CT molecular complexity index is 497. The Morgan fingerprint density at radius 3 is 2.74 bits per heavy atom. The fourth-order valence-electron chi connectivity index (χ4n) is 1.45. The van der Waals surface area contributed by atoms with E-state index in [9.17, 15) is 18.0 Å². The molecular formula is C11H10F3N3O2. The molecule has 0 aliphatic carbocycles. The van der Waals surface area contributed by atoms with E-state index in [0.717, 1.165) is 18.3 Å². The average Bonchev–Trinajstić information content (AvgIpc) is 2.88. The summed E-state index contributed by atoms with van der Waals surface area (Å²) in [5.74, 6) is -0.504. The number of hydrogen-bond donors (Lipinski definition) is 1. The normalized spacial score (nSPS) is 14.8. The number of carbonyl (C=O) groups is 1. The summed E-state index contributed by atoms with van der Waals surface area (Å²) in [6.45, 7) is 0.687. The van der Waals surface area contributed by atoms with Crippen LogP contribution in [0.2, 0.25) is 0 Å². The molecule has 1 amide bonds. The van der Waals surface area contributed by atoms with Gasteiger partial charge >= 0.3 is 6.18 Å². The highest BCUT2D eigenvalue weighted by atomic mass is 19.4. The maximum absolute atomic E-state index is 12.3. The predicted molar refractivity (Wildman–Crippen MR) is 59.6 cm³/mol. The van der Waals surface area contributed by atoms with Gasteiger partial charge in [0.1, 0.15) is 12.3 Å². The fourth-order valence-corrected chi connectivity index (χ4v) is 1.45. The van der Waals surface area contributed by atoms with Crippen LogP contribution in [0, 0.1) is 0 Å². The van der Waals surface area contributed by atoms with Crippen molar-refractivity contribution in [2.45, 2.75) is 12.6 Å². The van der Waals surface area contributed by atoms with Gasteiger partial charge in [-0.1, -0.05) is 5.16 Å². The molecule has 0 atom stereocenters. The molecule has 1 aliphatic rings. The van der Waals surface area contributed by atoms with Gasteiger partial charge in [0.25, 0.3) is 5.91 Å². The van der Waals surface area contributed by atoms with Gasteiger partial charge in [0.2, 0.25) is 0 Å². The van der Waals surface area contributed by atoms with E-state index in [1.807, 2.05) is 0 Å². The van der Waals surface area contributed by atoms with E-state index in [2.05, 4.69) is 15.5 Å². The van der Waals surface area contributed by atoms with Crippen molar-refractivity contribution in [1.82, 2.24) is 10.3 Å². The molecule has 19 heavy (non-hydrogen) atoms. The Labute approximate surface area is 106 Å². The summed E-state index contributed by atoms with van der Waals surface area (Å²) in [7, 11) is 0. The lowest BCUT2D eigenvalue weighted by atomic mass is 10.2. The summed E-state index contributed by atoms with van der Waals surface area (Å²) in [4.78, 5) is 19.6. The van der Waals surface area contributed by atoms with Crippen LogP contribution in [0.15, 0.2) is 23.5 Å². The van der Waals surface area contributed by atoms with Gasteiger partial charge in [-0.25, -0.2) is 0 Å². The Kier molecular flexibility index (Phi) is 3.68. The van der Waals surface area contributed by atoms with E-state index >= 15 is 0 Å². The van der Waals surface area contributed by atoms with Crippen molar-refractivity contribution in [2.24, 2.45) is 5.16 Å². The van der Waals surface area contributed by atoms with Crippen LogP contribution in [0.25, 0.3) is 0 Å². The van der Waals surface area contributed by atoms with E-state index in [-0.39, 0.29) is 12.1 Å². The van der Waals surface area contributed by atoms with E-state index in [1.54, 1.807) is 0 Å². The number of rotatable bonds is 3. The highest BCUT2D eigenvalue weighted by molar-refractivity contribution is 5.97. The molecule has 1 N–H and O–H groups in total. The number of carbonyl (C=O) groups excluding carboxylic acids is 1. The molecule has 0 spiro atoms. The zero-order valence-corrected chi connectivity index (χ0v) is 9.70. The molecule has 0 bridgehead atoms. The second-order valence-electron chi connectivity index (χ2n) is 3.85. The van der Waals surface area contributed by atoms with Gasteiger partial charge in [-0.05, 0) is 12.1 Å². The van der Waals surface area contributed by atoms with Crippen molar-refractivity contribution in [1.29, 1.82) is 0 Å². The first-order chi connectivity index (χ1) is 8.97. The van der Waals surface area contributed by atoms with Gasteiger partial charge in [0.15, 0.2) is 0 Å². The van der Waals surface area contributed by atoms with Gasteiger partial charge in [0.05, 0.1) is 17.8 Å². The number of nitrogens with zero attached hydrogens (tertiary/aromatic N) is 2. The molecule has 0 fully saturated rings. The summed E-state index contributed by atoms with van der Waals surface area (Å²) in [5, 5.41) is 6.21. The molecule has 102 valence electrons. The maximum atomic E-state index is 12.3. The van der Waals surface area contributed by atoms with Crippen LogP contribution in [0.3, 0.4) is 0 Å². The minimum absolute atomic E-state index is 0.0625. The quantitative estimate of drug-likeness (QED) is 0.910. The van der Waals surface area contributed by atoms with Crippen LogP contribution in [0.4, 0.5) is 13.2 Å². The lowest BCUT2D eigenvalue weighted by Crippen LogP contribution is -2.29. The minimum Gasteiger partial charge on any atom is -0.395 e. The Balaban J connectivity index is 1.95. The van der Waals surface area contributed by atoms with Crippen molar-refractivity contribution in [2.75, 3.05) is 13.2 Å². The number of nitrogens with one attached hydrogen (secondary N) is 1. The number of pyridine rings is 1. The van der Waals surface area contributed by atoms with Crippen LogP contribution in [-0.4, -0.2) is 29.8 Å². The van der Waals surface area contributed by atoms with Crippen LogP contribution in [-0.2, 0) is 11.0 Å². The molecule has 2 heterocycles. The van der Waals surface area contributed by atoms with Gasteiger partial charge < -0.3 is 10.2 Å². The number of halogens is 3. The zero-order valence-electron chi connectivity index (χ0n) is 9.70. The first-order valence-electron chi connectivity index (χ1n) is 5.46. The van der Waals surface area contributed by atoms with Crippen LogP contribution < -0.4 is 5.32 Å². The van der Waals surface area contributed by atoms with Gasteiger partial charge in [-0.2, -0.15) is 13.2 Å². The molecule has 2 rings (SSSR count). The van der Waals surface area contributed by atoms with Crippen LogP contribution in [0.5, 0.6) is 0 Å². The summed E-state index contributed by atoms with van der Waals surface area (Å²) >= 11 is 0. The van der Waals surface area contributed by atoms with Gasteiger partial charge in [0, 0.05) is 12.6 Å². The molecule has 8 heteroatoms. The SMILES string of the molecule is O=C(NCC1=NOCC1)c1ccc(C(F)(F)F)nc1. The molecule has 0 radical (unpaired) electrons.